The van der Waals surface area contributed by atoms with E-state index in [1.54, 1.807) is 0 Å². The van der Waals surface area contributed by atoms with Crippen molar-refractivity contribution >= 4 is 26.8 Å². The molecule has 0 N–H and O–H groups in total. The number of hydrogen-bond donors (Lipinski definition) is 0. The molecule has 1 aromatic carbocycles. The Hall–Kier alpha value is -1.46. The zero-order chi connectivity index (χ0) is 31.9. The number of fused-ring (bicyclic) bond motifs is 1. The number of benzene rings is 1. The maximum absolute atomic E-state index is 10.7. The normalized spacial score (nSPS) is 18.5. The third-order valence-corrected chi connectivity index (χ3v) is 8.43. The zero-order valence-corrected chi connectivity index (χ0v) is 26.5. The Morgan fingerprint density at radius 2 is 0.952 bits per heavy atom. The summed E-state index contributed by atoms with van der Waals surface area (Å²) in [5.74, 6) is 0. The van der Waals surface area contributed by atoms with Crippen molar-refractivity contribution in [3.8, 4) is 0 Å². The van der Waals surface area contributed by atoms with Crippen LogP contribution in [0.2, 0.25) is 0 Å². The molecule has 12 nitrogen and oxygen atoms in total. The standard InChI is InChI=1S/C12H22N6OP.C10H20O5.F6P/c1-15(2)20(16(3)4,17(5)6)19-18-12-10-8-7-9-11(12)13-14-18;1-2-12-5-6-14-9-10-15-8-7-13-4-3-11-1;1-7(2,3,4,5)6/h7-10H,1-6H3;1-10H2;/q+1;;-1. The van der Waals surface area contributed by atoms with Crippen LogP contribution in [-0.2, 0) is 23.7 Å². The SMILES string of the molecule is C1COCCOCCOCCOCCO1.CN(C)[P+](On1nnc2ccccc21)(N(C)C)N(C)C.F[P-](F)(F)(F)(F)F. The van der Waals surface area contributed by atoms with Crippen LogP contribution >= 0.6 is 15.8 Å². The van der Waals surface area contributed by atoms with Crippen molar-refractivity contribution in [3.63, 3.8) is 0 Å². The summed E-state index contributed by atoms with van der Waals surface area (Å²) < 4.78 is 98.1. The number of nitrogens with zero attached hydrogens (tertiary/aromatic N) is 6. The molecule has 1 fully saturated rings. The van der Waals surface area contributed by atoms with Gasteiger partial charge in [-0.05, 0) is 22.2 Å². The molecule has 0 saturated carbocycles. The Morgan fingerprint density at radius 3 is 1.26 bits per heavy atom. The van der Waals surface area contributed by atoms with E-state index in [4.69, 9.17) is 28.3 Å². The minimum absolute atomic E-state index is 0.611. The van der Waals surface area contributed by atoms with Crippen LogP contribution in [0, 0.1) is 0 Å². The van der Waals surface area contributed by atoms with Gasteiger partial charge in [-0.15, -0.1) is 19.1 Å². The van der Waals surface area contributed by atoms with Crippen LogP contribution in [0.4, 0.5) is 25.2 Å². The summed E-state index contributed by atoms with van der Waals surface area (Å²) in [7, 11) is -0.761. The average Bonchev–Trinajstić information content (AvgIpc) is 3.25. The van der Waals surface area contributed by atoms with Gasteiger partial charge in [0.05, 0.1) is 66.1 Å². The van der Waals surface area contributed by atoms with E-state index in [0.717, 1.165) is 11.0 Å². The molecule has 20 heteroatoms. The van der Waals surface area contributed by atoms with Crippen molar-refractivity contribution in [2.24, 2.45) is 0 Å². The van der Waals surface area contributed by atoms with Gasteiger partial charge in [-0.1, -0.05) is 12.1 Å². The van der Waals surface area contributed by atoms with Crippen LogP contribution in [0.3, 0.4) is 0 Å². The van der Waals surface area contributed by atoms with Gasteiger partial charge in [0, 0.05) is 42.3 Å². The second kappa shape index (κ2) is 16.6. The van der Waals surface area contributed by atoms with Crippen LogP contribution in [0.5, 0.6) is 0 Å². The Morgan fingerprint density at radius 1 is 0.643 bits per heavy atom. The summed E-state index contributed by atoms with van der Waals surface area (Å²) >= 11 is 0. The molecule has 0 amide bonds. The molecule has 42 heavy (non-hydrogen) atoms. The van der Waals surface area contributed by atoms with Crippen molar-refractivity contribution < 1.29 is 53.5 Å². The van der Waals surface area contributed by atoms with E-state index in [2.05, 4.69) is 24.3 Å². The number of para-hydroxylation sites is 1. The molecular formula is C22H42F6N6O6P2. The van der Waals surface area contributed by atoms with Crippen LogP contribution in [0.1, 0.15) is 0 Å². The van der Waals surface area contributed by atoms with Gasteiger partial charge in [-0.25, -0.2) is 0 Å². The van der Waals surface area contributed by atoms with Gasteiger partial charge in [0.25, 0.3) is 0 Å². The van der Waals surface area contributed by atoms with E-state index in [1.165, 1.54) is 4.85 Å². The average molecular weight is 663 g/mol. The van der Waals surface area contributed by atoms with Crippen LogP contribution < -0.4 is 4.62 Å². The van der Waals surface area contributed by atoms with E-state index < -0.39 is 15.8 Å². The summed E-state index contributed by atoms with van der Waals surface area (Å²) in [5.41, 5.74) is 1.68. The second-order valence-corrected chi connectivity index (χ2v) is 14.6. The first kappa shape index (κ1) is 38.6. The van der Waals surface area contributed by atoms with Crippen LogP contribution in [0.15, 0.2) is 24.3 Å². The third-order valence-electron chi connectivity index (χ3n) is 4.93. The molecule has 1 aliphatic rings. The molecule has 0 bridgehead atoms. The Bertz CT molecular complexity index is 945. The predicted molar refractivity (Wildman–Crippen MR) is 150 cm³/mol. The molecule has 2 aromatic rings. The van der Waals surface area contributed by atoms with Crippen molar-refractivity contribution in [2.75, 3.05) is 108 Å². The number of halogens is 6. The molecule has 0 unspecified atom stereocenters. The Balaban J connectivity index is 0.000000353. The van der Waals surface area contributed by atoms with E-state index in [1.807, 2.05) is 66.6 Å². The van der Waals surface area contributed by atoms with Crippen LogP contribution in [0.25, 0.3) is 11.0 Å². The first-order valence-corrected chi connectivity index (χ1v) is 16.3. The topological polar surface area (TPSA) is 95.8 Å². The molecule has 248 valence electrons. The summed E-state index contributed by atoms with van der Waals surface area (Å²) in [6.45, 7) is 6.11. The van der Waals surface area contributed by atoms with E-state index in [9.17, 15) is 25.2 Å². The Kier molecular flexibility index (Phi) is 15.2. The van der Waals surface area contributed by atoms with Crippen molar-refractivity contribution in [3.05, 3.63) is 24.3 Å². The summed E-state index contributed by atoms with van der Waals surface area (Å²) in [6.07, 6.45) is 0. The molecule has 0 aliphatic carbocycles. The fourth-order valence-corrected chi connectivity index (χ4v) is 6.32. The van der Waals surface area contributed by atoms with Gasteiger partial charge in [0.2, 0.25) is 0 Å². The van der Waals surface area contributed by atoms with Crippen molar-refractivity contribution in [1.82, 2.24) is 29.2 Å². The fourth-order valence-electron chi connectivity index (χ4n) is 3.40. The molecule has 0 radical (unpaired) electrons. The van der Waals surface area contributed by atoms with Gasteiger partial charge >= 0.3 is 40.9 Å². The van der Waals surface area contributed by atoms with Gasteiger partial charge in [-0.2, -0.15) is 4.62 Å². The maximum atomic E-state index is 9.87. The van der Waals surface area contributed by atoms with Gasteiger partial charge in [0.15, 0.2) is 0 Å². The fraction of sp³-hybridized carbons (Fsp3) is 0.727. The molecule has 1 saturated heterocycles. The van der Waals surface area contributed by atoms with Crippen molar-refractivity contribution in [1.29, 1.82) is 0 Å². The third kappa shape index (κ3) is 17.0. The summed E-state index contributed by atoms with van der Waals surface area (Å²) in [4.78, 5) is 1.52. The van der Waals surface area contributed by atoms with E-state index >= 15 is 0 Å². The van der Waals surface area contributed by atoms with E-state index in [-0.39, 0.29) is 0 Å². The monoisotopic (exact) mass is 662 g/mol. The number of rotatable bonds is 5. The molecule has 0 spiro atoms. The number of aromatic nitrogens is 3. The summed E-state index contributed by atoms with van der Waals surface area (Å²) in [5, 5.41) is 8.25. The quantitative estimate of drug-likeness (QED) is 0.330. The number of ether oxygens (including phenoxy) is 5. The second-order valence-electron chi connectivity index (χ2n) is 9.11. The molecular weight excluding hydrogens is 620 g/mol. The van der Waals surface area contributed by atoms with Crippen molar-refractivity contribution in [2.45, 2.75) is 0 Å². The van der Waals surface area contributed by atoms with E-state index in [0.29, 0.717) is 66.1 Å². The van der Waals surface area contributed by atoms with Gasteiger partial charge in [-0.3, -0.25) is 0 Å². The zero-order valence-electron chi connectivity index (χ0n) is 24.7. The molecule has 1 aromatic heterocycles. The van der Waals surface area contributed by atoms with Crippen LogP contribution in [-0.4, -0.2) is 138 Å². The van der Waals surface area contributed by atoms with Gasteiger partial charge in [0.1, 0.15) is 11.0 Å². The Labute approximate surface area is 242 Å². The molecule has 3 rings (SSSR count). The molecule has 2 heterocycles. The van der Waals surface area contributed by atoms with Gasteiger partial charge < -0.3 is 23.7 Å². The summed E-state index contributed by atoms with van der Waals surface area (Å²) in [6, 6.07) is 7.76. The minimum atomic E-state index is -10.7. The first-order chi connectivity index (χ1) is 19.3. The first-order valence-electron chi connectivity index (χ1n) is 12.7. The molecule has 1 aliphatic heterocycles. The molecule has 0 atom stereocenters. The number of hydrogen-bond acceptors (Lipinski definition) is 11. The predicted octanol–water partition coefficient (Wildman–Crippen LogP) is 4.69.